The van der Waals surface area contributed by atoms with Gasteiger partial charge in [-0.25, -0.2) is 0 Å². The number of benzene rings is 4. The number of hydrogen-bond donors (Lipinski definition) is 0. The molecule has 0 heterocycles. The molecule has 4 aromatic rings. The highest BCUT2D eigenvalue weighted by Crippen LogP contribution is 2.40. The van der Waals surface area contributed by atoms with Crippen LogP contribution in [0.4, 0.5) is 0 Å². The summed E-state index contributed by atoms with van der Waals surface area (Å²) in [6.07, 6.45) is 4.24. The average molecular weight is 399 g/mol. The number of hydrogen-bond acceptors (Lipinski definition) is 1. The molecule has 0 unspecified atom stereocenters. The zero-order valence-electron chi connectivity index (χ0n) is 19.0. The van der Waals surface area contributed by atoms with E-state index in [4.69, 9.17) is 4.74 Å². The second-order valence-electron chi connectivity index (χ2n) is 8.14. The van der Waals surface area contributed by atoms with Crippen LogP contribution in [-0.4, -0.2) is 6.10 Å². The van der Waals surface area contributed by atoms with Crippen molar-refractivity contribution in [3.05, 3.63) is 78.4 Å². The molecule has 0 radical (unpaired) electrons. The first-order valence-electron chi connectivity index (χ1n) is 11.2. The third-order valence-electron chi connectivity index (χ3n) is 5.39. The molecule has 4 aromatic carbocycles. The normalized spacial score (nSPS) is 10.9. The van der Waals surface area contributed by atoms with Crippen molar-refractivity contribution in [3.8, 4) is 16.9 Å². The van der Waals surface area contributed by atoms with E-state index in [1.54, 1.807) is 0 Å². The Morgan fingerprint density at radius 2 is 1.30 bits per heavy atom. The molecule has 0 aliphatic carbocycles. The van der Waals surface area contributed by atoms with Gasteiger partial charge < -0.3 is 4.74 Å². The second kappa shape index (κ2) is 10.3. The molecule has 0 bridgehead atoms. The molecule has 1 nitrogen and oxygen atoms in total. The zero-order chi connectivity index (χ0) is 21.5. The summed E-state index contributed by atoms with van der Waals surface area (Å²) in [5.41, 5.74) is 3.73. The second-order valence-corrected chi connectivity index (χ2v) is 8.14. The van der Waals surface area contributed by atoms with Crippen molar-refractivity contribution in [1.29, 1.82) is 0 Å². The summed E-state index contributed by atoms with van der Waals surface area (Å²) in [5.74, 6) is 0.963. The predicted molar refractivity (Wildman–Crippen MR) is 133 cm³/mol. The number of fused-ring (bicyclic) bond motifs is 2. The summed E-state index contributed by atoms with van der Waals surface area (Å²) in [6, 6.07) is 25.9. The molecule has 1 heteroatoms. The lowest BCUT2D eigenvalue weighted by atomic mass is 9.90. The Morgan fingerprint density at radius 1 is 0.733 bits per heavy atom. The van der Waals surface area contributed by atoms with Crippen molar-refractivity contribution in [2.24, 2.45) is 0 Å². The zero-order valence-corrected chi connectivity index (χ0v) is 19.0. The van der Waals surface area contributed by atoms with Gasteiger partial charge in [-0.05, 0) is 71.1 Å². The summed E-state index contributed by atoms with van der Waals surface area (Å²) < 4.78 is 6.03. The lowest BCUT2D eigenvalue weighted by molar-refractivity contribution is 0.241. The molecule has 0 aliphatic rings. The van der Waals surface area contributed by atoms with Gasteiger partial charge in [-0.2, -0.15) is 0 Å². The van der Waals surface area contributed by atoms with Gasteiger partial charge in [0.1, 0.15) is 5.75 Å². The van der Waals surface area contributed by atoms with E-state index < -0.39 is 0 Å². The van der Waals surface area contributed by atoms with E-state index in [-0.39, 0.29) is 6.10 Å². The number of unbranched alkanes of at least 4 members (excludes halogenated alkanes) is 2. The van der Waals surface area contributed by atoms with Crippen molar-refractivity contribution >= 4 is 21.5 Å². The largest absolute Gasteiger partial charge is 0.491 e. The molecular formula is C29H34O. The fourth-order valence-electron chi connectivity index (χ4n) is 3.92. The van der Waals surface area contributed by atoms with E-state index in [2.05, 4.69) is 107 Å². The smallest absolute Gasteiger partial charge is 0.123 e. The summed E-state index contributed by atoms with van der Waals surface area (Å²) in [6.45, 7) is 10.7. The van der Waals surface area contributed by atoms with E-state index in [1.807, 2.05) is 0 Å². The van der Waals surface area contributed by atoms with Gasteiger partial charge >= 0.3 is 0 Å². The molecule has 0 fully saturated rings. The molecule has 0 saturated carbocycles. The van der Waals surface area contributed by atoms with Crippen LogP contribution in [0.3, 0.4) is 0 Å². The first kappa shape index (κ1) is 21.9. The fraction of sp³-hybridized carbons (Fsp3) is 0.310. The van der Waals surface area contributed by atoms with Crippen molar-refractivity contribution in [2.45, 2.75) is 60.0 Å². The van der Waals surface area contributed by atoms with E-state index in [0.717, 1.165) is 5.75 Å². The van der Waals surface area contributed by atoms with Crippen LogP contribution in [0, 0.1) is 6.92 Å². The molecule has 0 atom stereocenters. The number of rotatable bonds is 5. The van der Waals surface area contributed by atoms with Crippen molar-refractivity contribution in [2.75, 3.05) is 0 Å². The summed E-state index contributed by atoms with van der Waals surface area (Å²) in [5, 5.41) is 5.11. The maximum atomic E-state index is 6.03. The summed E-state index contributed by atoms with van der Waals surface area (Å²) in [4.78, 5) is 0. The Bertz CT molecular complexity index is 1050. The maximum absolute atomic E-state index is 6.03. The summed E-state index contributed by atoms with van der Waals surface area (Å²) >= 11 is 0. The van der Waals surface area contributed by atoms with E-state index in [9.17, 15) is 0 Å². The van der Waals surface area contributed by atoms with Crippen LogP contribution in [0.5, 0.6) is 5.75 Å². The molecule has 0 saturated heterocycles. The molecule has 30 heavy (non-hydrogen) atoms. The van der Waals surface area contributed by atoms with Gasteiger partial charge in [0.05, 0.1) is 6.10 Å². The Kier molecular flexibility index (Phi) is 7.52. The Hall–Kier alpha value is -2.80. The minimum atomic E-state index is 0.165. The maximum Gasteiger partial charge on any atom is 0.123 e. The third kappa shape index (κ3) is 4.84. The van der Waals surface area contributed by atoms with E-state index in [1.165, 1.54) is 57.5 Å². The average Bonchev–Trinajstić information content (AvgIpc) is 2.74. The van der Waals surface area contributed by atoms with Gasteiger partial charge in [-0.15, -0.1) is 0 Å². The van der Waals surface area contributed by atoms with E-state index >= 15 is 0 Å². The minimum absolute atomic E-state index is 0.165. The van der Waals surface area contributed by atoms with Crippen molar-refractivity contribution < 1.29 is 4.74 Å². The standard InChI is InChI=1S/C24H22O.C5H12/c1-16(2)25-23-14-8-13-20(17(23)3)24-21-11-6-4-9-18(21)15-19-10-5-7-12-22(19)24;1-3-5-4-2/h4-16H,1-3H3;3-5H2,1-2H3. The van der Waals surface area contributed by atoms with Gasteiger partial charge in [0.2, 0.25) is 0 Å². The van der Waals surface area contributed by atoms with Crippen molar-refractivity contribution in [1.82, 2.24) is 0 Å². The molecule has 0 amide bonds. The van der Waals surface area contributed by atoms with Crippen LogP contribution in [0.15, 0.2) is 72.8 Å². The molecule has 156 valence electrons. The molecule has 0 spiro atoms. The van der Waals surface area contributed by atoms with Gasteiger partial charge in [0.15, 0.2) is 0 Å². The van der Waals surface area contributed by atoms with Crippen LogP contribution in [0.2, 0.25) is 0 Å². The topological polar surface area (TPSA) is 9.23 Å². The Labute approximate surface area is 181 Å². The van der Waals surface area contributed by atoms with Gasteiger partial charge in [0, 0.05) is 0 Å². The Morgan fingerprint density at radius 3 is 1.80 bits per heavy atom. The van der Waals surface area contributed by atoms with Crippen LogP contribution < -0.4 is 4.74 Å². The Balaban J connectivity index is 0.000000461. The van der Waals surface area contributed by atoms with Crippen LogP contribution in [-0.2, 0) is 0 Å². The van der Waals surface area contributed by atoms with Crippen LogP contribution in [0.1, 0.15) is 52.5 Å². The molecule has 0 aliphatic heterocycles. The van der Waals surface area contributed by atoms with Crippen LogP contribution in [0.25, 0.3) is 32.7 Å². The van der Waals surface area contributed by atoms with Gasteiger partial charge in [0.25, 0.3) is 0 Å². The van der Waals surface area contributed by atoms with Gasteiger partial charge in [-0.1, -0.05) is 93.8 Å². The van der Waals surface area contributed by atoms with Gasteiger partial charge in [-0.3, -0.25) is 0 Å². The third-order valence-corrected chi connectivity index (χ3v) is 5.39. The highest BCUT2D eigenvalue weighted by molar-refractivity contribution is 6.13. The lowest BCUT2D eigenvalue weighted by Crippen LogP contribution is -2.07. The molecule has 4 rings (SSSR count). The lowest BCUT2D eigenvalue weighted by Gasteiger charge is -2.18. The fourth-order valence-corrected chi connectivity index (χ4v) is 3.92. The minimum Gasteiger partial charge on any atom is -0.491 e. The predicted octanol–water partition coefficient (Wildman–Crippen LogP) is 8.95. The van der Waals surface area contributed by atoms with Crippen LogP contribution >= 0.6 is 0 Å². The first-order chi connectivity index (χ1) is 14.6. The monoisotopic (exact) mass is 398 g/mol. The highest BCUT2D eigenvalue weighted by atomic mass is 16.5. The quantitative estimate of drug-likeness (QED) is 0.305. The molecule has 0 aromatic heterocycles. The first-order valence-corrected chi connectivity index (χ1v) is 11.2. The molecular weight excluding hydrogens is 364 g/mol. The summed E-state index contributed by atoms with van der Waals surface area (Å²) in [7, 11) is 0. The highest BCUT2D eigenvalue weighted by Gasteiger charge is 2.14. The van der Waals surface area contributed by atoms with Crippen molar-refractivity contribution in [3.63, 3.8) is 0 Å². The van der Waals surface area contributed by atoms with E-state index in [0.29, 0.717) is 0 Å². The number of ether oxygens (including phenoxy) is 1. The SMILES string of the molecule is CCCCC.Cc1c(OC(C)C)cccc1-c1c2ccccc2cc2ccccc12. The molecule has 0 N–H and O–H groups in total.